The summed E-state index contributed by atoms with van der Waals surface area (Å²) in [4.78, 5) is 37.7. The first kappa shape index (κ1) is 15.6. The SMILES string of the molecule is NC(=O)C[C@@H](NC(=O)N1CCN(CC2CC2)CC1)C(=O)O. The van der Waals surface area contributed by atoms with E-state index >= 15 is 0 Å². The highest BCUT2D eigenvalue weighted by molar-refractivity contribution is 5.87. The number of nitrogens with two attached hydrogens (primary N) is 1. The van der Waals surface area contributed by atoms with Gasteiger partial charge in [0.2, 0.25) is 5.91 Å². The Morgan fingerprint density at radius 3 is 2.29 bits per heavy atom. The molecule has 8 nitrogen and oxygen atoms in total. The minimum Gasteiger partial charge on any atom is -0.480 e. The highest BCUT2D eigenvalue weighted by Gasteiger charge is 2.29. The first-order valence-electron chi connectivity index (χ1n) is 7.24. The third-order valence-corrected chi connectivity index (χ3v) is 3.87. The smallest absolute Gasteiger partial charge is 0.326 e. The number of hydrogen-bond donors (Lipinski definition) is 3. The number of nitrogens with one attached hydrogen (secondary N) is 1. The van der Waals surface area contributed by atoms with Crippen molar-refractivity contribution in [1.29, 1.82) is 0 Å². The first-order chi connectivity index (χ1) is 9.95. The van der Waals surface area contributed by atoms with Crippen LogP contribution in [0.15, 0.2) is 0 Å². The normalized spacial score (nSPS) is 20.9. The zero-order chi connectivity index (χ0) is 15.4. The molecule has 1 saturated heterocycles. The summed E-state index contributed by atoms with van der Waals surface area (Å²) in [7, 11) is 0. The summed E-state index contributed by atoms with van der Waals surface area (Å²) in [5.41, 5.74) is 4.98. The molecule has 0 aromatic rings. The fraction of sp³-hybridized carbons (Fsp3) is 0.769. The zero-order valence-corrected chi connectivity index (χ0v) is 12.0. The van der Waals surface area contributed by atoms with E-state index in [0.29, 0.717) is 13.1 Å². The lowest BCUT2D eigenvalue weighted by Crippen LogP contribution is -2.55. The molecule has 0 unspecified atom stereocenters. The summed E-state index contributed by atoms with van der Waals surface area (Å²) in [6, 6.07) is -1.71. The van der Waals surface area contributed by atoms with Crippen molar-refractivity contribution in [2.75, 3.05) is 32.7 Å². The first-order valence-corrected chi connectivity index (χ1v) is 7.24. The van der Waals surface area contributed by atoms with Crippen molar-refractivity contribution in [2.45, 2.75) is 25.3 Å². The highest BCUT2D eigenvalue weighted by Crippen LogP contribution is 2.29. The van der Waals surface area contributed by atoms with Gasteiger partial charge in [-0.3, -0.25) is 9.69 Å². The largest absolute Gasteiger partial charge is 0.480 e. The van der Waals surface area contributed by atoms with E-state index in [-0.39, 0.29) is 0 Å². The predicted molar refractivity (Wildman–Crippen MR) is 74.5 cm³/mol. The van der Waals surface area contributed by atoms with Gasteiger partial charge in [0.25, 0.3) is 0 Å². The number of carboxylic acids is 1. The Balaban J connectivity index is 1.77. The Morgan fingerprint density at radius 2 is 1.81 bits per heavy atom. The van der Waals surface area contributed by atoms with Gasteiger partial charge in [-0.15, -0.1) is 0 Å². The number of amides is 3. The molecule has 2 aliphatic rings. The Hall–Kier alpha value is -1.83. The molecule has 1 aliphatic carbocycles. The van der Waals surface area contributed by atoms with Gasteiger partial charge in [0.15, 0.2) is 0 Å². The molecule has 1 atom stereocenters. The molecule has 1 heterocycles. The molecule has 3 amide bonds. The number of carbonyl (C=O) groups excluding carboxylic acids is 2. The Kier molecular flexibility index (Phi) is 5.00. The molecule has 2 fully saturated rings. The molecule has 0 aromatic heterocycles. The molecule has 21 heavy (non-hydrogen) atoms. The maximum Gasteiger partial charge on any atom is 0.326 e. The summed E-state index contributed by atoms with van der Waals surface area (Å²) in [5, 5.41) is 11.3. The Bertz CT molecular complexity index is 416. The third-order valence-electron chi connectivity index (χ3n) is 3.87. The lowest BCUT2D eigenvalue weighted by Gasteiger charge is -2.35. The van der Waals surface area contributed by atoms with Gasteiger partial charge < -0.3 is 21.1 Å². The van der Waals surface area contributed by atoms with Crippen molar-refractivity contribution >= 4 is 17.9 Å². The predicted octanol–water partition coefficient (Wildman–Crippen LogP) is -0.948. The van der Waals surface area contributed by atoms with Crippen LogP contribution in [0.4, 0.5) is 4.79 Å². The van der Waals surface area contributed by atoms with Gasteiger partial charge in [-0.05, 0) is 18.8 Å². The van der Waals surface area contributed by atoms with E-state index in [1.54, 1.807) is 4.90 Å². The van der Waals surface area contributed by atoms with E-state index in [0.717, 1.165) is 25.6 Å². The minimum absolute atomic E-state index is 0.400. The van der Waals surface area contributed by atoms with Crippen LogP contribution in [0, 0.1) is 5.92 Å². The molecule has 0 aromatic carbocycles. The lowest BCUT2D eigenvalue weighted by atomic mass is 10.2. The van der Waals surface area contributed by atoms with Crippen LogP contribution in [0.5, 0.6) is 0 Å². The summed E-state index contributed by atoms with van der Waals surface area (Å²) in [5.74, 6) is -1.19. The summed E-state index contributed by atoms with van der Waals surface area (Å²) in [6.07, 6.45) is 2.20. The molecule has 2 rings (SSSR count). The van der Waals surface area contributed by atoms with Crippen LogP contribution in [0.2, 0.25) is 0 Å². The van der Waals surface area contributed by atoms with Crippen LogP contribution in [0.25, 0.3) is 0 Å². The van der Waals surface area contributed by atoms with Gasteiger partial charge in [0.1, 0.15) is 6.04 Å². The van der Waals surface area contributed by atoms with Gasteiger partial charge in [0, 0.05) is 32.7 Å². The van der Waals surface area contributed by atoms with Crippen LogP contribution in [0.1, 0.15) is 19.3 Å². The third kappa shape index (κ3) is 4.89. The van der Waals surface area contributed by atoms with Gasteiger partial charge in [-0.2, -0.15) is 0 Å². The van der Waals surface area contributed by atoms with Crippen molar-refractivity contribution in [3.05, 3.63) is 0 Å². The molecule has 118 valence electrons. The number of primary amides is 1. The van der Waals surface area contributed by atoms with E-state index in [9.17, 15) is 14.4 Å². The topological polar surface area (TPSA) is 116 Å². The molecule has 4 N–H and O–H groups in total. The quantitative estimate of drug-likeness (QED) is 0.585. The Morgan fingerprint density at radius 1 is 1.19 bits per heavy atom. The lowest BCUT2D eigenvalue weighted by molar-refractivity contribution is -0.141. The van der Waals surface area contributed by atoms with Crippen LogP contribution >= 0.6 is 0 Å². The zero-order valence-electron chi connectivity index (χ0n) is 12.0. The van der Waals surface area contributed by atoms with Crippen LogP contribution in [-0.2, 0) is 9.59 Å². The fourth-order valence-electron chi connectivity index (χ4n) is 2.44. The van der Waals surface area contributed by atoms with Gasteiger partial charge in [-0.25, -0.2) is 9.59 Å². The van der Waals surface area contributed by atoms with Crippen molar-refractivity contribution in [3.63, 3.8) is 0 Å². The maximum absolute atomic E-state index is 12.0. The molecule has 1 aliphatic heterocycles. The number of urea groups is 1. The number of carboxylic acid groups (broad SMARTS) is 1. The minimum atomic E-state index is -1.26. The molecule has 1 saturated carbocycles. The highest BCUT2D eigenvalue weighted by atomic mass is 16.4. The van der Waals surface area contributed by atoms with Gasteiger partial charge in [0.05, 0.1) is 6.42 Å². The van der Waals surface area contributed by atoms with Crippen molar-refractivity contribution < 1.29 is 19.5 Å². The number of hydrogen-bond acceptors (Lipinski definition) is 4. The molecule has 8 heteroatoms. The molecular weight excluding hydrogens is 276 g/mol. The maximum atomic E-state index is 12.0. The number of rotatable bonds is 6. The molecule has 0 bridgehead atoms. The van der Waals surface area contributed by atoms with Crippen molar-refractivity contribution in [1.82, 2.24) is 15.1 Å². The number of carbonyl (C=O) groups is 3. The number of nitrogens with zero attached hydrogens (tertiary/aromatic N) is 2. The van der Waals surface area contributed by atoms with E-state index in [4.69, 9.17) is 10.8 Å². The summed E-state index contributed by atoms with van der Waals surface area (Å²) in [6.45, 7) is 3.84. The molecule has 0 spiro atoms. The molecular formula is C13H22N4O4. The van der Waals surface area contributed by atoms with Crippen molar-refractivity contribution in [3.8, 4) is 0 Å². The average molecular weight is 298 g/mol. The second kappa shape index (κ2) is 6.75. The van der Waals surface area contributed by atoms with Crippen molar-refractivity contribution in [2.24, 2.45) is 11.7 Å². The van der Waals surface area contributed by atoms with E-state index < -0.39 is 30.4 Å². The average Bonchev–Trinajstić information content (AvgIpc) is 3.22. The van der Waals surface area contributed by atoms with E-state index in [1.165, 1.54) is 12.8 Å². The second-order valence-corrected chi connectivity index (χ2v) is 5.74. The van der Waals surface area contributed by atoms with Crippen LogP contribution in [0.3, 0.4) is 0 Å². The van der Waals surface area contributed by atoms with Crippen LogP contribution in [-0.4, -0.2) is 71.6 Å². The van der Waals surface area contributed by atoms with Gasteiger partial charge in [-0.1, -0.05) is 0 Å². The monoisotopic (exact) mass is 298 g/mol. The van der Waals surface area contributed by atoms with Crippen LogP contribution < -0.4 is 11.1 Å². The summed E-state index contributed by atoms with van der Waals surface area (Å²) >= 11 is 0. The standard InChI is InChI=1S/C13H22N4O4/c14-11(18)7-10(12(19)20)15-13(21)17-5-3-16(4-6-17)8-9-1-2-9/h9-10H,1-8H2,(H2,14,18)(H,15,21)(H,19,20)/t10-/m1/s1. The second-order valence-electron chi connectivity index (χ2n) is 5.74. The number of aliphatic carboxylic acids is 1. The van der Waals surface area contributed by atoms with E-state index in [1.807, 2.05) is 0 Å². The number of piperazine rings is 1. The fourth-order valence-corrected chi connectivity index (χ4v) is 2.44. The van der Waals surface area contributed by atoms with Gasteiger partial charge >= 0.3 is 12.0 Å². The van der Waals surface area contributed by atoms with E-state index in [2.05, 4.69) is 10.2 Å². The molecule has 0 radical (unpaired) electrons. The summed E-state index contributed by atoms with van der Waals surface area (Å²) < 4.78 is 0. The Labute approximate surface area is 123 Å².